The van der Waals surface area contributed by atoms with Crippen molar-refractivity contribution < 1.29 is 19.5 Å². The highest BCUT2D eigenvalue weighted by Crippen LogP contribution is 2.68. The molecule has 3 N–H and O–H groups in total. The predicted molar refractivity (Wildman–Crippen MR) is 159 cm³/mol. The van der Waals surface area contributed by atoms with Crippen LogP contribution in [-0.2, 0) is 20.9 Å². The first-order valence-electron chi connectivity index (χ1n) is 14.6. The molecular weight excluding hydrogens is 522 g/mol. The third kappa shape index (κ3) is 5.16. The number of hydrogen-bond donors (Lipinski definition) is 3. The zero-order chi connectivity index (χ0) is 28.4. The number of likely N-dealkylation sites (tertiary alicyclic amines) is 1. The Kier molecular flexibility index (Phi) is 8.57. The van der Waals surface area contributed by atoms with Crippen molar-refractivity contribution in [3.05, 3.63) is 65.2 Å². The smallest absolute Gasteiger partial charge is 0.248 e. The van der Waals surface area contributed by atoms with Gasteiger partial charge >= 0.3 is 0 Å². The summed E-state index contributed by atoms with van der Waals surface area (Å²) in [5.74, 6) is -1.16. The van der Waals surface area contributed by atoms with Gasteiger partial charge in [-0.3, -0.25) is 14.4 Å². The number of unbranched alkanes of at least 4 members (excludes halogenated alkanes) is 3. The van der Waals surface area contributed by atoms with Crippen molar-refractivity contribution in [1.29, 1.82) is 0 Å². The van der Waals surface area contributed by atoms with Gasteiger partial charge < -0.3 is 20.6 Å². The molecule has 7 nitrogen and oxygen atoms in total. The van der Waals surface area contributed by atoms with E-state index in [2.05, 4.69) is 17.6 Å². The lowest BCUT2D eigenvalue weighted by molar-refractivity contribution is -0.139. The first kappa shape index (κ1) is 28.7. The molecule has 40 heavy (non-hydrogen) atoms. The molecule has 3 aliphatic rings. The first-order chi connectivity index (χ1) is 19.3. The second-order valence-corrected chi connectivity index (χ2v) is 13.3. The van der Waals surface area contributed by atoms with Crippen molar-refractivity contribution in [2.45, 2.75) is 75.5 Å². The van der Waals surface area contributed by atoms with E-state index in [-0.39, 0.29) is 35.5 Å². The van der Waals surface area contributed by atoms with Crippen molar-refractivity contribution in [3.63, 3.8) is 0 Å². The van der Waals surface area contributed by atoms with E-state index in [1.165, 1.54) is 0 Å². The Balaban J connectivity index is 1.43. The Morgan fingerprint density at radius 1 is 1.05 bits per heavy atom. The molecule has 214 valence electrons. The molecule has 3 aliphatic heterocycles. The highest BCUT2D eigenvalue weighted by Gasteiger charge is 2.75. The average molecular weight is 564 g/mol. The van der Waals surface area contributed by atoms with Crippen LogP contribution < -0.4 is 10.6 Å². The third-order valence-electron chi connectivity index (χ3n) is 9.06. The van der Waals surface area contributed by atoms with Gasteiger partial charge in [0.1, 0.15) is 6.04 Å². The zero-order valence-corrected chi connectivity index (χ0v) is 24.5. The Morgan fingerprint density at radius 2 is 1.80 bits per heavy atom. The van der Waals surface area contributed by atoms with E-state index < -0.39 is 22.6 Å². The fourth-order valence-electron chi connectivity index (χ4n) is 7.08. The molecule has 3 unspecified atom stereocenters. The van der Waals surface area contributed by atoms with Gasteiger partial charge in [0.15, 0.2) is 0 Å². The van der Waals surface area contributed by atoms with E-state index >= 15 is 0 Å². The molecule has 2 aromatic rings. The maximum atomic E-state index is 14.2. The lowest BCUT2D eigenvalue weighted by Gasteiger charge is -2.38. The molecule has 3 saturated heterocycles. The van der Waals surface area contributed by atoms with Crippen LogP contribution in [0, 0.1) is 31.6 Å². The van der Waals surface area contributed by atoms with Crippen LogP contribution in [0.4, 0.5) is 5.69 Å². The minimum atomic E-state index is -0.639. The van der Waals surface area contributed by atoms with Crippen LogP contribution >= 0.6 is 11.8 Å². The summed E-state index contributed by atoms with van der Waals surface area (Å²) in [6.07, 6.45) is 4.06. The number of carbonyl (C=O) groups is 3. The van der Waals surface area contributed by atoms with Crippen molar-refractivity contribution >= 4 is 35.2 Å². The largest absolute Gasteiger partial charge is 0.396 e. The van der Waals surface area contributed by atoms with Gasteiger partial charge in [0, 0.05) is 30.6 Å². The molecule has 3 heterocycles. The predicted octanol–water partition coefficient (Wildman–Crippen LogP) is 4.45. The number of hydrogen-bond acceptors (Lipinski definition) is 5. The van der Waals surface area contributed by atoms with E-state index in [0.29, 0.717) is 13.1 Å². The quantitative estimate of drug-likeness (QED) is 0.351. The van der Waals surface area contributed by atoms with Crippen LogP contribution in [0.5, 0.6) is 0 Å². The number of rotatable bonds is 11. The van der Waals surface area contributed by atoms with Gasteiger partial charge in [-0.1, -0.05) is 62.2 Å². The number of thioether (sulfide) groups is 1. The number of anilines is 1. The minimum Gasteiger partial charge on any atom is -0.396 e. The maximum Gasteiger partial charge on any atom is 0.248 e. The Labute approximate surface area is 241 Å². The van der Waals surface area contributed by atoms with Crippen LogP contribution in [0.25, 0.3) is 0 Å². The maximum absolute atomic E-state index is 14.2. The lowest BCUT2D eigenvalue weighted by Crippen LogP contribution is -2.55. The number of nitrogens with one attached hydrogen (secondary N) is 2. The molecule has 0 aromatic heterocycles. The summed E-state index contributed by atoms with van der Waals surface area (Å²) >= 11 is 1.71. The number of benzene rings is 2. The van der Waals surface area contributed by atoms with Gasteiger partial charge in [0.25, 0.3) is 0 Å². The Hall–Kier alpha value is -2.84. The summed E-state index contributed by atoms with van der Waals surface area (Å²) in [5.41, 5.74) is 3.81. The Bertz CT molecular complexity index is 1250. The molecule has 0 saturated carbocycles. The summed E-state index contributed by atoms with van der Waals surface area (Å²) in [7, 11) is 0. The molecule has 6 atom stereocenters. The van der Waals surface area contributed by atoms with Crippen LogP contribution in [0.2, 0.25) is 0 Å². The SMILES string of the molecule is Cc1ccc(C)c(NC(=O)C2N(CCCCCCO)C(=O)[C@@H]3[C@H](C(=O)NCc4ccccc4)[C@@H]4CC(C)C23S4)c1. The van der Waals surface area contributed by atoms with Gasteiger partial charge in [0.05, 0.1) is 16.6 Å². The summed E-state index contributed by atoms with van der Waals surface area (Å²) in [6.45, 7) is 7.17. The number of nitrogens with zero attached hydrogens (tertiary/aromatic N) is 1. The number of carbonyl (C=O) groups excluding carboxylic acids is 3. The van der Waals surface area contributed by atoms with E-state index in [9.17, 15) is 14.4 Å². The molecule has 0 aliphatic carbocycles. The molecule has 0 radical (unpaired) electrons. The molecule has 8 heteroatoms. The van der Waals surface area contributed by atoms with Gasteiger partial charge in [-0.25, -0.2) is 0 Å². The van der Waals surface area contributed by atoms with Crippen molar-refractivity contribution in [3.8, 4) is 0 Å². The monoisotopic (exact) mass is 563 g/mol. The minimum absolute atomic E-state index is 0.0161. The van der Waals surface area contributed by atoms with Gasteiger partial charge in [-0.05, 0) is 61.8 Å². The normalized spacial score (nSPS) is 28.6. The fraction of sp³-hybridized carbons (Fsp3) is 0.531. The third-order valence-corrected chi connectivity index (χ3v) is 11.1. The molecule has 3 amide bonds. The average Bonchev–Trinajstić information content (AvgIpc) is 3.53. The summed E-state index contributed by atoms with van der Waals surface area (Å²) in [6, 6.07) is 15.2. The number of fused-ring (bicyclic) bond motifs is 1. The topological polar surface area (TPSA) is 98.7 Å². The number of aryl methyl sites for hydroxylation is 2. The van der Waals surface area contributed by atoms with E-state index in [1.54, 1.807) is 16.7 Å². The highest BCUT2D eigenvalue weighted by molar-refractivity contribution is 8.02. The molecular formula is C32H41N3O4S. The van der Waals surface area contributed by atoms with Crippen LogP contribution in [0.1, 0.15) is 55.7 Å². The van der Waals surface area contributed by atoms with Crippen LogP contribution in [0.15, 0.2) is 48.5 Å². The van der Waals surface area contributed by atoms with E-state index in [4.69, 9.17) is 5.11 Å². The van der Waals surface area contributed by atoms with E-state index in [1.807, 2.05) is 62.4 Å². The second kappa shape index (κ2) is 12.0. The summed E-state index contributed by atoms with van der Waals surface area (Å²) in [4.78, 5) is 43.9. The lowest BCUT2D eigenvalue weighted by atomic mass is 9.66. The van der Waals surface area contributed by atoms with Gasteiger partial charge in [0.2, 0.25) is 17.7 Å². The highest BCUT2D eigenvalue weighted by atomic mass is 32.2. The second-order valence-electron chi connectivity index (χ2n) is 11.7. The molecule has 1 spiro atoms. The van der Waals surface area contributed by atoms with Crippen LogP contribution in [0.3, 0.4) is 0 Å². The van der Waals surface area contributed by atoms with Gasteiger partial charge in [-0.15, -0.1) is 11.8 Å². The molecule has 2 bridgehead atoms. The van der Waals surface area contributed by atoms with Gasteiger partial charge in [-0.2, -0.15) is 0 Å². The number of aliphatic hydroxyl groups is 1. The zero-order valence-electron chi connectivity index (χ0n) is 23.7. The fourth-order valence-corrected chi connectivity index (χ4v) is 9.50. The first-order valence-corrected chi connectivity index (χ1v) is 15.4. The number of aliphatic hydroxyl groups excluding tert-OH is 1. The van der Waals surface area contributed by atoms with Crippen molar-refractivity contribution in [2.75, 3.05) is 18.5 Å². The summed E-state index contributed by atoms with van der Waals surface area (Å²) in [5, 5.41) is 15.5. The molecule has 5 rings (SSSR count). The van der Waals surface area contributed by atoms with Crippen LogP contribution in [-0.4, -0.2) is 56.9 Å². The van der Waals surface area contributed by atoms with Crippen molar-refractivity contribution in [1.82, 2.24) is 10.2 Å². The molecule has 3 fully saturated rings. The number of amides is 3. The van der Waals surface area contributed by atoms with Crippen molar-refractivity contribution in [2.24, 2.45) is 17.8 Å². The molecule has 2 aromatic carbocycles. The van der Waals surface area contributed by atoms with E-state index in [0.717, 1.165) is 54.5 Å². The summed E-state index contributed by atoms with van der Waals surface area (Å²) < 4.78 is -0.636. The Morgan fingerprint density at radius 3 is 2.55 bits per heavy atom. The standard InChI is InChI=1S/C32H41N3O4S/c1-20-13-14-21(2)24(17-20)34-30(38)28-32-22(3)18-25(40-32)26(29(37)33-19-23-11-7-6-8-12-23)27(32)31(39)35(28)15-9-4-5-10-16-36/h6-8,11-14,17,22,25-28,36H,4-5,9-10,15-16,18-19H2,1-3H3,(H,33,37)(H,34,38)/t22?,25-,26+,27-,28?,32?/m0/s1.